The monoisotopic (exact) mass is 284 g/mol. The molecule has 4 heteroatoms. The van der Waals surface area contributed by atoms with E-state index in [2.05, 4.69) is 10.6 Å². The van der Waals surface area contributed by atoms with Gasteiger partial charge in [-0.05, 0) is 42.4 Å². The van der Waals surface area contributed by atoms with Crippen molar-refractivity contribution in [2.24, 2.45) is 0 Å². The highest BCUT2D eigenvalue weighted by Gasteiger charge is 2.07. The fourth-order valence-corrected chi connectivity index (χ4v) is 2.07. The number of hydrogen-bond acceptors (Lipinski definition) is 2. The molecule has 3 nitrogen and oxygen atoms in total. The Hall–Kier alpha value is -2.20. The van der Waals surface area contributed by atoms with Gasteiger partial charge in [0.2, 0.25) is 5.91 Å². The summed E-state index contributed by atoms with van der Waals surface area (Å²) in [4.78, 5) is 11.9. The van der Waals surface area contributed by atoms with Gasteiger partial charge in [0.15, 0.2) is 5.11 Å². The van der Waals surface area contributed by atoms with Crippen LogP contribution in [0.4, 0.5) is 5.69 Å². The Kier molecular flexibility index (Phi) is 4.85. The molecule has 2 aromatic rings. The zero-order chi connectivity index (χ0) is 14.4. The lowest BCUT2D eigenvalue weighted by Gasteiger charge is -2.10. The van der Waals surface area contributed by atoms with Crippen LogP contribution in [0.1, 0.15) is 11.1 Å². The van der Waals surface area contributed by atoms with Crippen LogP contribution in [0, 0.1) is 6.92 Å². The maximum absolute atomic E-state index is 11.9. The van der Waals surface area contributed by atoms with E-state index in [0.29, 0.717) is 11.5 Å². The van der Waals surface area contributed by atoms with Gasteiger partial charge in [-0.1, -0.05) is 42.5 Å². The fourth-order valence-electron chi connectivity index (χ4n) is 1.84. The first kappa shape index (κ1) is 14.2. The van der Waals surface area contributed by atoms with Crippen molar-refractivity contribution in [1.29, 1.82) is 0 Å². The van der Waals surface area contributed by atoms with E-state index in [0.717, 1.165) is 16.8 Å². The van der Waals surface area contributed by atoms with Crippen LogP contribution in [0.15, 0.2) is 54.6 Å². The number of amides is 1. The van der Waals surface area contributed by atoms with Crippen LogP contribution in [-0.4, -0.2) is 11.0 Å². The Balaban J connectivity index is 1.89. The highest BCUT2D eigenvalue weighted by Crippen LogP contribution is 2.08. The van der Waals surface area contributed by atoms with E-state index in [9.17, 15) is 4.79 Å². The molecule has 0 bridgehead atoms. The Labute approximate surface area is 124 Å². The predicted octanol–water partition coefficient (Wildman–Crippen LogP) is 3.05. The number of carbonyl (C=O) groups is 1. The van der Waals surface area contributed by atoms with E-state index in [1.807, 2.05) is 61.5 Å². The quantitative estimate of drug-likeness (QED) is 0.851. The summed E-state index contributed by atoms with van der Waals surface area (Å²) in [5, 5.41) is 5.97. The minimum absolute atomic E-state index is 0.118. The van der Waals surface area contributed by atoms with Gasteiger partial charge in [0, 0.05) is 5.69 Å². The lowest BCUT2D eigenvalue weighted by atomic mass is 10.1. The van der Waals surface area contributed by atoms with Crippen LogP contribution in [0.2, 0.25) is 0 Å². The van der Waals surface area contributed by atoms with E-state index in [4.69, 9.17) is 12.2 Å². The zero-order valence-electron chi connectivity index (χ0n) is 11.2. The summed E-state index contributed by atoms with van der Waals surface area (Å²) in [5.74, 6) is -0.118. The second-order valence-electron chi connectivity index (χ2n) is 4.47. The Morgan fingerprint density at radius 1 is 1.05 bits per heavy atom. The summed E-state index contributed by atoms with van der Waals surface area (Å²) in [6.07, 6.45) is 0.323. The second kappa shape index (κ2) is 6.82. The van der Waals surface area contributed by atoms with Gasteiger partial charge in [-0.2, -0.15) is 0 Å². The molecule has 0 aromatic heterocycles. The summed E-state index contributed by atoms with van der Waals surface area (Å²) in [5.41, 5.74) is 2.96. The van der Waals surface area contributed by atoms with Crippen LogP contribution in [0.3, 0.4) is 0 Å². The van der Waals surface area contributed by atoms with Gasteiger partial charge >= 0.3 is 0 Å². The molecule has 0 unspecified atom stereocenters. The van der Waals surface area contributed by atoms with Gasteiger partial charge in [0.05, 0.1) is 6.42 Å². The number of para-hydroxylation sites is 1. The molecule has 20 heavy (non-hydrogen) atoms. The molecule has 2 aromatic carbocycles. The van der Waals surface area contributed by atoms with Crippen molar-refractivity contribution in [3.05, 3.63) is 65.7 Å². The van der Waals surface area contributed by atoms with Crippen molar-refractivity contribution in [3.8, 4) is 0 Å². The topological polar surface area (TPSA) is 41.1 Å². The molecule has 0 heterocycles. The molecule has 2 N–H and O–H groups in total. The first-order valence-corrected chi connectivity index (χ1v) is 6.76. The number of nitrogens with one attached hydrogen (secondary N) is 2. The Morgan fingerprint density at radius 2 is 1.70 bits per heavy atom. The summed E-state index contributed by atoms with van der Waals surface area (Å²) in [6, 6.07) is 17.3. The molecule has 0 fully saturated rings. The molecule has 1 amide bonds. The average molecular weight is 284 g/mol. The van der Waals surface area contributed by atoms with Crippen LogP contribution in [-0.2, 0) is 11.2 Å². The molecular formula is C16H16N2OS. The number of thiocarbonyl (C=S) groups is 1. The largest absolute Gasteiger partial charge is 0.332 e. The van der Waals surface area contributed by atoms with E-state index in [1.54, 1.807) is 0 Å². The second-order valence-corrected chi connectivity index (χ2v) is 4.88. The fraction of sp³-hybridized carbons (Fsp3) is 0.125. The molecule has 0 atom stereocenters. The highest BCUT2D eigenvalue weighted by molar-refractivity contribution is 7.80. The van der Waals surface area contributed by atoms with Gasteiger partial charge in [0.1, 0.15) is 0 Å². The molecular weight excluding hydrogens is 268 g/mol. The standard InChI is InChI=1S/C16H16N2OS/c1-12-7-5-6-8-13(12)11-15(19)18-16(20)17-14-9-3-2-4-10-14/h2-10H,11H2,1H3,(H2,17,18,19,20). The third kappa shape index (κ3) is 4.17. The third-order valence-electron chi connectivity index (χ3n) is 2.90. The smallest absolute Gasteiger partial charge is 0.230 e. The third-order valence-corrected chi connectivity index (χ3v) is 3.10. The SMILES string of the molecule is Cc1ccccc1CC(=O)NC(=S)Nc1ccccc1. The van der Waals surface area contributed by atoms with Crippen molar-refractivity contribution in [2.45, 2.75) is 13.3 Å². The van der Waals surface area contributed by atoms with E-state index in [1.165, 1.54) is 0 Å². The van der Waals surface area contributed by atoms with Crippen molar-refractivity contribution < 1.29 is 4.79 Å². The van der Waals surface area contributed by atoms with E-state index < -0.39 is 0 Å². The average Bonchev–Trinajstić information content (AvgIpc) is 2.42. The minimum Gasteiger partial charge on any atom is -0.332 e. The van der Waals surface area contributed by atoms with Gasteiger partial charge < -0.3 is 10.6 Å². The lowest BCUT2D eigenvalue weighted by molar-refractivity contribution is -0.119. The molecule has 0 spiro atoms. The first-order chi connectivity index (χ1) is 9.65. The van der Waals surface area contributed by atoms with Crippen LogP contribution in [0.5, 0.6) is 0 Å². The summed E-state index contributed by atoms with van der Waals surface area (Å²) in [6.45, 7) is 1.99. The van der Waals surface area contributed by atoms with Crippen LogP contribution < -0.4 is 10.6 Å². The van der Waals surface area contributed by atoms with Crippen molar-refractivity contribution in [2.75, 3.05) is 5.32 Å². The number of hydrogen-bond donors (Lipinski definition) is 2. The number of anilines is 1. The summed E-state index contributed by atoms with van der Waals surface area (Å²) < 4.78 is 0. The van der Waals surface area contributed by atoms with Gasteiger partial charge in [-0.15, -0.1) is 0 Å². The Morgan fingerprint density at radius 3 is 2.40 bits per heavy atom. The molecule has 0 saturated heterocycles. The molecule has 2 rings (SSSR count). The van der Waals surface area contributed by atoms with Crippen LogP contribution in [0.25, 0.3) is 0 Å². The molecule has 0 aliphatic carbocycles. The maximum Gasteiger partial charge on any atom is 0.230 e. The van der Waals surface area contributed by atoms with Crippen molar-refractivity contribution in [1.82, 2.24) is 5.32 Å². The van der Waals surface area contributed by atoms with Gasteiger partial charge in [-0.25, -0.2) is 0 Å². The minimum atomic E-state index is -0.118. The number of rotatable bonds is 3. The summed E-state index contributed by atoms with van der Waals surface area (Å²) in [7, 11) is 0. The first-order valence-electron chi connectivity index (χ1n) is 6.35. The normalized spacial score (nSPS) is 9.85. The lowest BCUT2D eigenvalue weighted by Crippen LogP contribution is -2.35. The molecule has 0 radical (unpaired) electrons. The van der Waals surface area contributed by atoms with E-state index >= 15 is 0 Å². The molecule has 0 aliphatic rings. The number of carbonyl (C=O) groups excluding carboxylic acids is 1. The summed E-state index contributed by atoms with van der Waals surface area (Å²) >= 11 is 5.12. The molecule has 102 valence electrons. The number of aryl methyl sites for hydroxylation is 1. The number of benzene rings is 2. The van der Waals surface area contributed by atoms with Crippen molar-refractivity contribution in [3.63, 3.8) is 0 Å². The molecule has 0 saturated carbocycles. The predicted molar refractivity (Wildman–Crippen MR) is 85.7 cm³/mol. The van der Waals surface area contributed by atoms with Gasteiger partial charge in [0.25, 0.3) is 0 Å². The highest BCUT2D eigenvalue weighted by atomic mass is 32.1. The van der Waals surface area contributed by atoms with Gasteiger partial charge in [-0.3, -0.25) is 4.79 Å². The Bertz CT molecular complexity index is 611. The van der Waals surface area contributed by atoms with Crippen molar-refractivity contribution >= 4 is 28.9 Å². The maximum atomic E-state index is 11.9. The van der Waals surface area contributed by atoms with Crippen LogP contribution >= 0.6 is 12.2 Å². The van der Waals surface area contributed by atoms with E-state index in [-0.39, 0.29) is 5.91 Å². The molecule has 0 aliphatic heterocycles. The zero-order valence-corrected chi connectivity index (χ0v) is 12.0.